The summed E-state index contributed by atoms with van der Waals surface area (Å²) in [7, 11) is -2.10. The SMILES string of the molecule is CCCCCS(=O)(=O)NC(=O)/C=C/c1ccc(OCCOC)c(C)c1OCc1ccc(Cl)cc1Cl. The second-order valence-electron chi connectivity index (χ2n) is 7.80. The Morgan fingerprint density at radius 3 is 2.54 bits per heavy atom. The monoisotopic (exact) mass is 543 g/mol. The number of hydrogen-bond acceptors (Lipinski definition) is 6. The molecule has 0 fully saturated rings. The maximum absolute atomic E-state index is 12.3. The van der Waals surface area contributed by atoms with Crippen LogP contribution in [0.5, 0.6) is 11.5 Å². The van der Waals surface area contributed by atoms with Gasteiger partial charge >= 0.3 is 0 Å². The van der Waals surface area contributed by atoms with Crippen LogP contribution in [0.3, 0.4) is 0 Å². The molecular weight excluding hydrogens is 513 g/mol. The zero-order valence-electron chi connectivity index (χ0n) is 20.1. The van der Waals surface area contributed by atoms with Crippen LogP contribution >= 0.6 is 23.2 Å². The Labute approximate surface area is 217 Å². The van der Waals surface area contributed by atoms with Gasteiger partial charge in [0.15, 0.2) is 0 Å². The molecule has 10 heteroatoms. The van der Waals surface area contributed by atoms with E-state index < -0.39 is 15.9 Å². The summed E-state index contributed by atoms with van der Waals surface area (Å²) in [5.74, 6) is 0.245. The predicted octanol–water partition coefficient (Wildman–Crippen LogP) is 5.56. The standard InChI is InChI=1S/C25H31Cl2NO6S/c1-4-5-6-15-35(30,31)28-24(29)12-9-19-8-11-23(33-14-13-32-3)18(2)25(19)34-17-20-7-10-21(26)16-22(20)27/h7-12,16H,4-6,13-15,17H2,1-3H3,(H,28,29)/b12-9+. The topological polar surface area (TPSA) is 90.9 Å². The van der Waals surface area contributed by atoms with E-state index in [1.807, 2.05) is 13.8 Å². The molecule has 35 heavy (non-hydrogen) atoms. The van der Waals surface area contributed by atoms with E-state index in [-0.39, 0.29) is 12.4 Å². The van der Waals surface area contributed by atoms with Crippen LogP contribution in [0.15, 0.2) is 36.4 Å². The van der Waals surface area contributed by atoms with Crippen LogP contribution in [-0.2, 0) is 26.2 Å². The fraction of sp³-hybridized carbons (Fsp3) is 0.400. The van der Waals surface area contributed by atoms with Crippen molar-refractivity contribution < 1.29 is 27.4 Å². The Morgan fingerprint density at radius 1 is 1.09 bits per heavy atom. The van der Waals surface area contributed by atoms with E-state index in [2.05, 4.69) is 4.72 Å². The number of halogens is 2. The van der Waals surface area contributed by atoms with Crippen molar-refractivity contribution >= 4 is 45.2 Å². The number of amides is 1. The normalized spacial score (nSPS) is 11.6. The summed E-state index contributed by atoms with van der Waals surface area (Å²) >= 11 is 12.2. The first-order valence-electron chi connectivity index (χ1n) is 11.2. The van der Waals surface area contributed by atoms with E-state index in [1.165, 1.54) is 12.2 Å². The lowest BCUT2D eigenvalue weighted by Crippen LogP contribution is -2.31. The van der Waals surface area contributed by atoms with Crippen molar-refractivity contribution in [2.45, 2.75) is 39.7 Å². The number of unbranched alkanes of at least 4 members (excludes halogenated alkanes) is 2. The highest BCUT2D eigenvalue weighted by atomic mass is 35.5. The van der Waals surface area contributed by atoms with Crippen LogP contribution in [-0.4, -0.2) is 40.4 Å². The third-order valence-electron chi connectivity index (χ3n) is 5.01. The molecule has 1 N–H and O–H groups in total. The quantitative estimate of drug-likeness (QED) is 0.248. The highest BCUT2D eigenvalue weighted by molar-refractivity contribution is 7.90. The lowest BCUT2D eigenvalue weighted by molar-refractivity contribution is -0.114. The van der Waals surface area contributed by atoms with Crippen molar-refractivity contribution in [3.05, 3.63) is 63.1 Å². The molecule has 0 heterocycles. The molecule has 0 saturated carbocycles. The summed E-state index contributed by atoms with van der Waals surface area (Å²) in [4.78, 5) is 12.3. The smallest absolute Gasteiger partial charge is 0.257 e. The Balaban J connectivity index is 2.24. The van der Waals surface area contributed by atoms with Gasteiger partial charge in [0.05, 0.1) is 12.4 Å². The van der Waals surface area contributed by atoms with E-state index in [4.69, 9.17) is 37.4 Å². The van der Waals surface area contributed by atoms with E-state index >= 15 is 0 Å². The lowest BCUT2D eigenvalue weighted by Gasteiger charge is -2.17. The number of methoxy groups -OCH3 is 1. The minimum absolute atomic E-state index is 0.0940. The van der Waals surface area contributed by atoms with Gasteiger partial charge in [0.2, 0.25) is 10.0 Å². The van der Waals surface area contributed by atoms with Crippen LogP contribution in [0.1, 0.15) is 42.9 Å². The fourth-order valence-corrected chi connectivity index (χ4v) is 4.67. The van der Waals surface area contributed by atoms with Crippen LogP contribution < -0.4 is 14.2 Å². The maximum Gasteiger partial charge on any atom is 0.257 e. The van der Waals surface area contributed by atoms with Gasteiger partial charge in [-0.1, -0.05) is 49.0 Å². The Hall–Kier alpha value is -2.26. The molecule has 2 aromatic carbocycles. The summed E-state index contributed by atoms with van der Waals surface area (Å²) < 4.78 is 43.1. The zero-order valence-corrected chi connectivity index (χ0v) is 22.4. The van der Waals surface area contributed by atoms with Gasteiger partial charge in [-0.3, -0.25) is 4.79 Å². The molecule has 0 radical (unpaired) electrons. The van der Waals surface area contributed by atoms with Crippen molar-refractivity contribution in [1.82, 2.24) is 4.72 Å². The molecule has 2 aromatic rings. The second-order valence-corrected chi connectivity index (χ2v) is 10.5. The molecule has 0 unspecified atom stereocenters. The third-order valence-corrected chi connectivity index (χ3v) is 6.93. The molecular formula is C25H31Cl2NO6S. The summed E-state index contributed by atoms with van der Waals surface area (Å²) in [5, 5.41) is 0.982. The van der Waals surface area contributed by atoms with Gasteiger partial charge in [-0.05, 0) is 43.7 Å². The molecule has 0 saturated heterocycles. The molecule has 192 valence electrons. The van der Waals surface area contributed by atoms with E-state index in [0.29, 0.717) is 52.3 Å². The van der Waals surface area contributed by atoms with Crippen LogP contribution in [0, 0.1) is 6.92 Å². The number of carbonyl (C=O) groups is 1. The van der Waals surface area contributed by atoms with E-state index in [0.717, 1.165) is 18.4 Å². The van der Waals surface area contributed by atoms with Gasteiger partial charge in [-0.25, -0.2) is 13.1 Å². The van der Waals surface area contributed by atoms with E-state index in [1.54, 1.807) is 37.4 Å². The molecule has 7 nitrogen and oxygen atoms in total. The van der Waals surface area contributed by atoms with E-state index in [9.17, 15) is 13.2 Å². The molecule has 0 aliphatic heterocycles. The summed E-state index contributed by atoms with van der Waals surface area (Å²) in [5.41, 5.74) is 2.01. The van der Waals surface area contributed by atoms with Gasteiger partial charge < -0.3 is 14.2 Å². The largest absolute Gasteiger partial charge is 0.491 e. The molecule has 2 rings (SSSR count). The predicted molar refractivity (Wildman–Crippen MR) is 140 cm³/mol. The number of hydrogen-bond donors (Lipinski definition) is 1. The summed E-state index contributed by atoms with van der Waals surface area (Å²) in [6, 6.07) is 8.60. The number of benzene rings is 2. The highest BCUT2D eigenvalue weighted by Crippen LogP contribution is 2.34. The van der Waals surface area contributed by atoms with Crippen LogP contribution in [0.2, 0.25) is 10.0 Å². The average Bonchev–Trinajstić information content (AvgIpc) is 2.79. The first-order chi connectivity index (χ1) is 16.7. The molecule has 0 spiro atoms. The Kier molecular flexibility index (Phi) is 11.9. The molecule has 0 aromatic heterocycles. The molecule has 0 aliphatic rings. The molecule has 0 aliphatic carbocycles. The summed E-state index contributed by atoms with van der Waals surface area (Å²) in [6.07, 6.45) is 4.83. The maximum atomic E-state index is 12.3. The van der Waals surface area contributed by atoms with Gasteiger partial charge in [0, 0.05) is 39.9 Å². The van der Waals surface area contributed by atoms with Crippen molar-refractivity contribution in [2.24, 2.45) is 0 Å². The molecule has 0 atom stereocenters. The average molecular weight is 544 g/mol. The van der Waals surface area contributed by atoms with Crippen molar-refractivity contribution in [2.75, 3.05) is 26.1 Å². The minimum Gasteiger partial charge on any atom is -0.491 e. The fourth-order valence-electron chi connectivity index (χ4n) is 3.14. The van der Waals surface area contributed by atoms with Crippen molar-refractivity contribution in [3.8, 4) is 11.5 Å². The number of rotatable bonds is 14. The minimum atomic E-state index is -3.69. The van der Waals surface area contributed by atoms with Gasteiger partial charge in [0.25, 0.3) is 5.91 Å². The molecule has 0 bridgehead atoms. The lowest BCUT2D eigenvalue weighted by atomic mass is 10.1. The van der Waals surface area contributed by atoms with Crippen LogP contribution in [0.4, 0.5) is 0 Å². The Morgan fingerprint density at radius 2 is 1.86 bits per heavy atom. The number of sulfonamides is 1. The number of ether oxygens (including phenoxy) is 3. The van der Waals surface area contributed by atoms with Gasteiger partial charge in [-0.2, -0.15) is 0 Å². The highest BCUT2D eigenvalue weighted by Gasteiger charge is 2.15. The zero-order chi connectivity index (χ0) is 25.8. The van der Waals surface area contributed by atoms with Crippen LogP contribution in [0.25, 0.3) is 6.08 Å². The van der Waals surface area contributed by atoms with Crippen molar-refractivity contribution in [3.63, 3.8) is 0 Å². The number of carbonyl (C=O) groups excluding carboxylic acids is 1. The first kappa shape index (κ1) is 29.0. The molecule has 1 amide bonds. The first-order valence-corrected chi connectivity index (χ1v) is 13.6. The Bertz CT molecular complexity index is 1140. The van der Waals surface area contributed by atoms with Crippen molar-refractivity contribution in [1.29, 1.82) is 0 Å². The number of nitrogens with one attached hydrogen (secondary N) is 1. The van der Waals surface area contributed by atoms with Gasteiger partial charge in [-0.15, -0.1) is 0 Å². The second kappa shape index (κ2) is 14.3. The summed E-state index contributed by atoms with van der Waals surface area (Å²) in [6.45, 7) is 4.73. The third kappa shape index (κ3) is 9.72. The van der Waals surface area contributed by atoms with Gasteiger partial charge in [0.1, 0.15) is 24.7 Å².